The third-order valence-corrected chi connectivity index (χ3v) is 4.74. The first kappa shape index (κ1) is 17.2. The van der Waals surface area contributed by atoms with Gasteiger partial charge in [0.05, 0.1) is 12.6 Å². The quantitative estimate of drug-likeness (QED) is 0.554. The highest BCUT2D eigenvalue weighted by Gasteiger charge is 2.17. The van der Waals surface area contributed by atoms with Crippen molar-refractivity contribution in [3.8, 4) is 0 Å². The molecule has 0 spiro atoms. The van der Waals surface area contributed by atoms with Crippen LogP contribution in [0.1, 0.15) is 24.1 Å². The van der Waals surface area contributed by atoms with E-state index in [1.165, 1.54) is 4.68 Å². The Bertz CT molecular complexity index is 1140. The summed E-state index contributed by atoms with van der Waals surface area (Å²) in [5.41, 5.74) is 2.39. The van der Waals surface area contributed by atoms with Gasteiger partial charge in [-0.2, -0.15) is 5.10 Å². The molecule has 0 aliphatic carbocycles. The number of hydrogen-bond donors (Lipinski definition) is 2. The van der Waals surface area contributed by atoms with Gasteiger partial charge in [-0.3, -0.25) is 4.79 Å². The number of anilines is 1. The molecule has 1 atom stereocenters. The Morgan fingerprint density at radius 1 is 1.15 bits per heavy atom. The van der Waals surface area contributed by atoms with Gasteiger partial charge in [-0.05, 0) is 24.1 Å². The SMILES string of the molecule is CC(Nc1n[nH]c(=O)c2c1nnn2Cc1ccccc1Cl)c1ccccc1. The second-order valence-corrected chi connectivity index (χ2v) is 6.62. The van der Waals surface area contributed by atoms with Crippen molar-refractivity contribution in [2.45, 2.75) is 19.5 Å². The van der Waals surface area contributed by atoms with Gasteiger partial charge in [-0.1, -0.05) is 65.3 Å². The number of H-pyrrole nitrogens is 1. The minimum atomic E-state index is -0.347. The minimum Gasteiger partial charge on any atom is -0.360 e. The molecule has 0 aliphatic heterocycles. The molecule has 0 radical (unpaired) electrons. The summed E-state index contributed by atoms with van der Waals surface area (Å²) in [6.45, 7) is 2.36. The van der Waals surface area contributed by atoms with E-state index in [2.05, 4.69) is 25.8 Å². The first-order valence-corrected chi connectivity index (χ1v) is 8.88. The highest BCUT2D eigenvalue weighted by Crippen LogP contribution is 2.22. The summed E-state index contributed by atoms with van der Waals surface area (Å²) in [7, 11) is 0. The van der Waals surface area contributed by atoms with Crippen molar-refractivity contribution in [2.24, 2.45) is 0 Å². The molecule has 0 amide bonds. The van der Waals surface area contributed by atoms with E-state index >= 15 is 0 Å². The van der Waals surface area contributed by atoms with Crippen LogP contribution in [0.3, 0.4) is 0 Å². The molecule has 1 unspecified atom stereocenters. The number of aromatic amines is 1. The Morgan fingerprint density at radius 3 is 2.67 bits per heavy atom. The van der Waals surface area contributed by atoms with Gasteiger partial charge in [0.15, 0.2) is 16.9 Å². The summed E-state index contributed by atoms with van der Waals surface area (Å²) in [4.78, 5) is 12.4. The van der Waals surface area contributed by atoms with E-state index < -0.39 is 0 Å². The second kappa shape index (κ2) is 7.20. The van der Waals surface area contributed by atoms with Crippen LogP contribution >= 0.6 is 11.6 Å². The number of hydrogen-bond acceptors (Lipinski definition) is 5. The average molecular weight is 381 g/mol. The lowest BCUT2D eigenvalue weighted by Crippen LogP contribution is -2.17. The largest absolute Gasteiger partial charge is 0.360 e. The summed E-state index contributed by atoms with van der Waals surface area (Å²) < 4.78 is 1.54. The Labute approximate surface area is 160 Å². The lowest BCUT2D eigenvalue weighted by Gasteiger charge is -2.14. The Balaban J connectivity index is 1.70. The maximum absolute atomic E-state index is 12.4. The third kappa shape index (κ3) is 3.41. The number of benzene rings is 2. The number of rotatable bonds is 5. The fourth-order valence-electron chi connectivity index (χ4n) is 2.94. The van der Waals surface area contributed by atoms with Gasteiger partial charge in [0.25, 0.3) is 5.56 Å². The predicted octanol–water partition coefficient (Wildman–Crippen LogP) is 3.39. The molecule has 0 fully saturated rings. The van der Waals surface area contributed by atoms with Gasteiger partial charge in [-0.15, -0.1) is 5.10 Å². The van der Waals surface area contributed by atoms with Gasteiger partial charge < -0.3 is 5.32 Å². The van der Waals surface area contributed by atoms with Crippen molar-refractivity contribution in [1.29, 1.82) is 0 Å². The molecule has 2 aromatic carbocycles. The molecule has 0 saturated heterocycles. The molecule has 8 heteroatoms. The van der Waals surface area contributed by atoms with E-state index in [0.717, 1.165) is 11.1 Å². The van der Waals surface area contributed by atoms with Crippen molar-refractivity contribution in [2.75, 3.05) is 5.32 Å². The Kier molecular flexibility index (Phi) is 4.60. The monoisotopic (exact) mass is 380 g/mol. The summed E-state index contributed by atoms with van der Waals surface area (Å²) in [5, 5.41) is 18.9. The zero-order valence-electron chi connectivity index (χ0n) is 14.6. The first-order chi connectivity index (χ1) is 13.1. The zero-order valence-corrected chi connectivity index (χ0v) is 15.3. The number of nitrogens with zero attached hydrogens (tertiary/aromatic N) is 4. The molecule has 0 aliphatic rings. The molecule has 7 nitrogen and oxygen atoms in total. The van der Waals surface area contributed by atoms with Crippen LogP contribution in [0.25, 0.3) is 11.0 Å². The van der Waals surface area contributed by atoms with Crippen LogP contribution in [0.5, 0.6) is 0 Å². The molecule has 0 saturated carbocycles. The zero-order chi connectivity index (χ0) is 18.8. The smallest absolute Gasteiger partial charge is 0.292 e. The second-order valence-electron chi connectivity index (χ2n) is 6.21. The van der Waals surface area contributed by atoms with Crippen LogP contribution in [-0.2, 0) is 6.54 Å². The molecule has 136 valence electrons. The van der Waals surface area contributed by atoms with Crippen LogP contribution in [0.2, 0.25) is 5.02 Å². The van der Waals surface area contributed by atoms with E-state index in [1.807, 2.05) is 55.5 Å². The van der Waals surface area contributed by atoms with Gasteiger partial charge in [0.2, 0.25) is 0 Å². The normalized spacial score (nSPS) is 12.2. The van der Waals surface area contributed by atoms with Crippen molar-refractivity contribution >= 4 is 28.5 Å². The van der Waals surface area contributed by atoms with E-state index in [-0.39, 0.29) is 11.6 Å². The predicted molar refractivity (Wildman–Crippen MR) is 105 cm³/mol. The minimum absolute atomic E-state index is 0.0125. The summed E-state index contributed by atoms with van der Waals surface area (Å²) >= 11 is 6.23. The Hall–Kier alpha value is -3.19. The average Bonchev–Trinajstić information content (AvgIpc) is 3.11. The van der Waals surface area contributed by atoms with Crippen molar-refractivity contribution < 1.29 is 0 Å². The standard InChI is InChI=1S/C19H17ClN6O/c1-12(13-7-3-2-4-8-13)21-18-16-17(19(27)24-23-18)26(25-22-16)11-14-9-5-6-10-15(14)20/h2-10,12H,11H2,1H3,(H,21,23)(H,24,27). The Morgan fingerprint density at radius 2 is 1.89 bits per heavy atom. The summed E-state index contributed by atoms with van der Waals surface area (Å²) in [5.74, 6) is 0.478. The highest BCUT2D eigenvalue weighted by molar-refractivity contribution is 6.31. The van der Waals surface area contributed by atoms with Gasteiger partial charge in [-0.25, -0.2) is 9.78 Å². The van der Waals surface area contributed by atoms with E-state index in [9.17, 15) is 4.79 Å². The number of fused-ring (bicyclic) bond motifs is 1. The van der Waals surface area contributed by atoms with Crippen LogP contribution in [-0.4, -0.2) is 25.2 Å². The molecular formula is C19H17ClN6O. The van der Waals surface area contributed by atoms with E-state index in [4.69, 9.17) is 11.6 Å². The molecular weight excluding hydrogens is 364 g/mol. The topological polar surface area (TPSA) is 88.5 Å². The van der Waals surface area contributed by atoms with Crippen LogP contribution < -0.4 is 10.9 Å². The lowest BCUT2D eigenvalue weighted by atomic mass is 10.1. The highest BCUT2D eigenvalue weighted by atomic mass is 35.5. The van der Waals surface area contributed by atoms with Gasteiger partial charge in [0.1, 0.15) is 0 Å². The fourth-order valence-corrected chi connectivity index (χ4v) is 3.13. The number of halogens is 1. The molecule has 2 aromatic heterocycles. The van der Waals surface area contributed by atoms with Crippen LogP contribution in [0, 0.1) is 0 Å². The lowest BCUT2D eigenvalue weighted by molar-refractivity contribution is 0.667. The van der Waals surface area contributed by atoms with Crippen LogP contribution in [0.15, 0.2) is 59.4 Å². The molecule has 27 heavy (non-hydrogen) atoms. The molecule has 4 rings (SSSR count). The van der Waals surface area contributed by atoms with Crippen molar-refractivity contribution in [3.05, 3.63) is 81.1 Å². The molecule has 2 heterocycles. The molecule has 2 N–H and O–H groups in total. The fraction of sp³-hybridized carbons (Fsp3) is 0.158. The summed E-state index contributed by atoms with van der Waals surface area (Å²) in [6.07, 6.45) is 0. The van der Waals surface area contributed by atoms with Crippen LogP contribution in [0.4, 0.5) is 5.82 Å². The number of nitrogens with one attached hydrogen (secondary N) is 2. The van der Waals surface area contributed by atoms with Gasteiger partial charge >= 0.3 is 0 Å². The molecule has 0 bridgehead atoms. The third-order valence-electron chi connectivity index (χ3n) is 4.37. The van der Waals surface area contributed by atoms with Gasteiger partial charge in [0, 0.05) is 5.02 Å². The molecule has 4 aromatic rings. The number of aromatic nitrogens is 5. The van der Waals surface area contributed by atoms with E-state index in [1.54, 1.807) is 6.07 Å². The first-order valence-electron chi connectivity index (χ1n) is 8.50. The summed E-state index contributed by atoms with van der Waals surface area (Å²) in [6, 6.07) is 17.4. The van der Waals surface area contributed by atoms with Crippen molar-refractivity contribution in [1.82, 2.24) is 25.2 Å². The van der Waals surface area contributed by atoms with Crippen molar-refractivity contribution in [3.63, 3.8) is 0 Å². The maximum atomic E-state index is 12.4. The van der Waals surface area contributed by atoms with E-state index in [0.29, 0.717) is 28.4 Å². The maximum Gasteiger partial charge on any atom is 0.292 e.